The van der Waals surface area contributed by atoms with Crippen molar-refractivity contribution in [1.82, 2.24) is 9.78 Å². The van der Waals surface area contributed by atoms with Gasteiger partial charge in [0.25, 0.3) is 0 Å². The van der Waals surface area contributed by atoms with Gasteiger partial charge in [0, 0.05) is 5.56 Å². The molecule has 0 saturated heterocycles. The number of amides is 1. The van der Waals surface area contributed by atoms with Gasteiger partial charge in [0.1, 0.15) is 6.20 Å². The lowest BCUT2D eigenvalue weighted by Crippen LogP contribution is -2.27. The Morgan fingerprint density at radius 3 is 2.57 bits per heavy atom. The van der Waals surface area contributed by atoms with Gasteiger partial charge < -0.3 is 5.73 Å². The Bertz CT molecular complexity index is 356. The fourth-order valence-corrected chi connectivity index (χ4v) is 1.04. The maximum atomic E-state index is 12.4. The van der Waals surface area contributed by atoms with E-state index >= 15 is 0 Å². The molecular weight excluding hydrogens is 199 g/mol. The van der Waals surface area contributed by atoms with Gasteiger partial charge in [0.15, 0.2) is 5.69 Å². The average Bonchev–Trinajstić information content (AvgIpc) is 2.45. The van der Waals surface area contributed by atoms with Crippen LogP contribution in [0.15, 0.2) is 0 Å². The monoisotopic (exact) mass is 206 g/mol. The van der Waals surface area contributed by atoms with Gasteiger partial charge in [0.05, 0.1) is 0 Å². The number of halogens is 3. The first-order valence-corrected chi connectivity index (χ1v) is 3.74. The predicted molar refractivity (Wildman–Crippen MR) is 40.4 cm³/mol. The fourth-order valence-electron chi connectivity index (χ4n) is 1.04. The topological polar surface area (TPSA) is 60.9 Å². The summed E-state index contributed by atoms with van der Waals surface area (Å²) in [5, 5.41) is 3.15. The molecule has 7 heteroatoms. The van der Waals surface area contributed by atoms with Crippen LogP contribution in [0.25, 0.3) is 0 Å². The fraction of sp³-hybridized carbons (Fsp3) is 0.429. The van der Waals surface area contributed by atoms with Crippen LogP contribution in [-0.4, -0.2) is 15.8 Å². The van der Waals surface area contributed by atoms with Crippen LogP contribution in [0.3, 0.4) is 0 Å². The van der Waals surface area contributed by atoms with Crippen LogP contribution >= 0.6 is 0 Å². The molecule has 1 amide bonds. The minimum atomic E-state index is -4.65. The zero-order valence-corrected chi connectivity index (χ0v) is 7.22. The van der Waals surface area contributed by atoms with Crippen LogP contribution in [-0.2, 0) is 12.6 Å². The van der Waals surface area contributed by atoms with Crippen LogP contribution in [0, 0.1) is 6.20 Å². The molecule has 1 rings (SSSR count). The number of nitrogens with zero attached hydrogens (tertiary/aromatic N) is 2. The Kier molecular flexibility index (Phi) is 2.50. The third-order valence-electron chi connectivity index (χ3n) is 1.61. The Morgan fingerprint density at radius 1 is 1.64 bits per heavy atom. The van der Waals surface area contributed by atoms with E-state index in [1.54, 1.807) is 0 Å². The summed E-state index contributed by atoms with van der Waals surface area (Å²) in [6, 6.07) is -1.27. The summed E-state index contributed by atoms with van der Waals surface area (Å²) in [6.45, 7) is 1.51. The first kappa shape index (κ1) is 10.6. The second kappa shape index (κ2) is 3.32. The third-order valence-corrected chi connectivity index (χ3v) is 1.61. The number of aromatic nitrogens is 2. The van der Waals surface area contributed by atoms with E-state index in [0.29, 0.717) is 0 Å². The smallest absolute Gasteiger partial charge is 0.350 e. The van der Waals surface area contributed by atoms with Gasteiger partial charge in [-0.15, -0.1) is 0 Å². The number of hydrogen-bond donors (Lipinski definition) is 1. The van der Waals surface area contributed by atoms with Gasteiger partial charge in [-0.1, -0.05) is 6.92 Å². The number of primary amides is 1. The maximum absolute atomic E-state index is 12.4. The van der Waals surface area contributed by atoms with Crippen molar-refractivity contribution in [2.75, 3.05) is 0 Å². The SMILES string of the molecule is CCc1[c]nn(C(N)=O)c1C(F)(F)F. The number of aryl methyl sites for hydroxylation is 1. The van der Waals surface area contributed by atoms with Crippen LogP contribution in [0.1, 0.15) is 18.2 Å². The first-order chi connectivity index (χ1) is 6.38. The van der Waals surface area contributed by atoms with E-state index in [0.717, 1.165) is 0 Å². The van der Waals surface area contributed by atoms with Crippen molar-refractivity contribution in [3.8, 4) is 0 Å². The van der Waals surface area contributed by atoms with Crippen molar-refractivity contribution in [2.24, 2.45) is 5.73 Å². The summed E-state index contributed by atoms with van der Waals surface area (Å²) in [5.41, 5.74) is 3.40. The summed E-state index contributed by atoms with van der Waals surface area (Å²) in [4.78, 5) is 10.6. The number of alkyl halides is 3. The molecule has 0 aliphatic carbocycles. The van der Waals surface area contributed by atoms with E-state index in [9.17, 15) is 18.0 Å². The molecule has 0 aliphatic heterocycles. The highest BCUT2D eigenvalue weighted by Gasteiger charge is 2.39. The molecule has 0 aromatic carbocycles. The quantitative estimate of drug-likeness (QED) is 0.750. The van der Waals surface area contributed by atoms with E-state index in [1.165, 1.54) is 6.92 Å². The molecular formula is C7H7F3N3O. The largest absolute Gasteiger partial charge is 0.433 e. The maximum Gasteiger partial charge on any atom is 0.433 e. The number of rotatable bonds is 1. The number of carbonyl (C=O) groups is 1. The minimum absolute atomic E-state index is 0.0854. The van der Waals surface area contributed by atoms with Gasteiger partial charge >= 0.3 is 12.2 Å². The van der Waals surface area contributed by atoms with Gasteiger partial charge in [-0.2, -0.15) is 23.0 Å². The van der Waals surface area contributed by atoms with Crippen LogP contribution in [0.5, 0.6) is 0 Å². The molecule has 14 heavy (non-hydrogen) atoms. The summed E-state index contributed by atoms with van der Waals surface area (Å²) in [5.74, 6) is 0. The van der Waals surface area contributed by atoms with E-state index in [4.69, 9.17) is 5.73 Å². The molecule has 1 heterocycles. The lowest BCUT2D eigenvalue weighted by Gasteiger charge is -2.08. The Balaban J connectivity index is 3.34. The summed E-state index contributed by atoms with van der Waals surface area (Å²) >= 11 is 0. The zero-order chi connectivity index (χ0) is 10.9. The van der Waals surface area contributed by atoms with Crippen molar-refractivity contribution in [3.05, 3.63) is 17.5 Å². The van der Waals surface area contributed by atoms with Crippen molar-refractivity contribution in [3.63, 3.8) is 0 Å². The molecule has 0 fully saturated rings. The molecule has 1 aromatic heterocycles. The number of carbonyl (C=O) groups excluding carboxylic acids is 1. The van der Waals surface area contributed by atoms with Crippen LogP contribution < -0.4 is 5.73 Å². The average molecular weight is 206 g/mol. The van der Waals surface area contributed by atoms with Gasteiger partial charge in [-0.05, 0) is 6.42 Å². The van der Waals surface area contributed by atoms with Crippen LogP contribution in [0.4, 0.5) is 18.0 Å². The molecule has 1 radical (unpaired) electrons. The summed E-state index contributed by atoms with van der Waals surface area (Å²) < 4.78 is 37.3. The molecule has 0 atom stereocenters. The lowest BCUT2D eigenvalue weighted by atomic mass is 10.2. The van der Waals surface area contributed by atoms with Gasteiger partial charge in [0.2, 0.25) is 0 Å². The molecule has 0 bridgehead atoms. The van der Waals surface area contributed by atoms with Crippen molar-refractivity contribution >= 4 is 6.03 Å². The highest BCUT2D eigenvalue weighted by Crippen LogP contribution is 2.31. The van der Waals surface area contributed by atoms with Gasteiger partial charge in [-0.25, -0.2) is 4.79 Å². The van der Waals surface area contributed by atoms with E-state index in [2.05, 4.69) is 11.3 Å². The lowest BCUT2D eigenvalue weighted by molar-refractivity contribution is -0.143. The second-order valence-electron chi connectivity index (χ2n) is 2.54. The van der Waals surface area contributed by atoms with E-state index < -0.39 is 17.9 Å². The van der Waals surface area contributed by atoms with Gasteiger partial charge in [-0.3, -0.25) is 0 Å². The molecule has 0 aliphatic rings. The number of hydrogen-bond acceptors (Lipinski definition) is 2. The summed E-state index contributed by atoms with van der Waals surface area (Å²) in [7, 11) is 0. The Morgan fingerprint density at radius 2 is 2.21 bits per heavy atom. The zero-order valence-electron chi connectivity index (χ0n) is 7.22. The molecule has 0 unspecified atom stereocenters. The molecule has 0 spiro atoms. The molecule has 2 N–H and O–H groups in total. The Hall–Kier alpha value is -1.53. The van der Waals surface area contributed by atoms with Crippen molar-refractivity contribution in [2.45, 2.75) is 19.5 Å². The normalized spacial score (nSPS) is 11.7. The van der Waals surface area contributed by atoms with E-state index in [1.807, 2.05) is 0 Å². The Labute approximate surface area is 77.5 Å². The van der Waals surface area contributed by atoms with Crippen LogP contribution in [0.2, 0.25) is 0 Å². The standard InChI is InChI=1S/C7H7F3N3O/c1-2-4-3-12-13(6(11)14)5(4)7(8,9)10/h2H2,1H3,(H2,11,14). The van der Waals surface area contributed by atoms with E-state index in [-0.39, 0.29) is 16.7 Å². The highest BCUT2D eigenvalue weighted by atomic mass is 19.4. The highest BCUT2D eigenvalue weighted by molar-refractivity contribution is 5.74. The number of nitrogens with two attached hydrogens (primary N) is 1. The first-order valence-electron chi connectivity index (χ1n) is 3.74. The van der Waals surface area contributed by atoms with Crippen molar-refractivity contribution < 1.29 is 18.0 Å². The molecule has 0 saturated carbocycles. The van der Waals surface area contributed by atoms with Crippen molar-refractivity contribution in [1.29, 1.82) is 0 Å². The molecule has 1 aromatic rings. The second-order valence-corrected chi connectivity index (χ2v) is 2.54. The predicted octanol–water partition coefficient (Wildman–Crippen LogP) is 1.19. The molecule has 4 nitrogen and oxygen atoms in total. The minimum Gasteiger partial charge on any atom is -0.350 e. The molecule has 77 valence electrons. The third kappa shape index (κ3) is 1.70. The summed E-state index contributed by atoms with van der Waals surface area (Å²) in [6.07, 6.45) is -2.46.